The highest BCUT2D eigenvalue weighted by molar-refractivity contribution is 7.91. The van der Waals surface area contributed by atoms with Crippen LogP contribution in [0.15, 0.2) is 18.3 Å². The molecule has 8 heteroatoms. The quantitative estimate of drug-likeness (QED) is 0.899. The molecule has 1 fully saturated rings. The van der Waals surface area contributed by atoms with Gasteiger partial charge in [0.2, 0.25) is 0 Å². The third-order valence-corrected chi connectivity index (χ3v) is 5.54. The molecule has 0 spiro atoms. The number of nitrogens with zero attached hydrogens (tertiary/aromatic N) is 3. The number of hydrogen-bond acceptors (Lipinski definition) is 5. The van der Waals surface area contributed by atoms with Crippen LogP contribution in [0.25, 0.3) is 5.65 Å². The summed E-state index contributed by atoms with van der Waals surface area (Å²) < 4.78 is 24.7. The second-order valence-electron chi connectivity index (χ2n) is 5.38. The van der Waals surface area contributed by atoms with E-state index >= 15 is 0 Å². The number of fused-ring (bicyclic) bond motifs is 1. The van der Waals surface area contributed by atoms with Crippen molar-refractivity contribution in [2.24, 2.45) is 5.92 Å². The Morgan fingerprint density at radius 1 is 1.43 bits per heavy atom. The fourth-order valence-corrected chi connectivity index (χ4v) is 4.45. The number of carbonyl (C=O) groups is 1. The number of sulfone groups is 1. The lowest BCUT2D eigenvalue weighted by atomic mass is 10.0. The van der Waals surface area contributed by atoms with Gasteiger partial charge in [0.15, 0.2) is 21.3 Å². The minimum atomic E-state index is -2.94. The van der Waals surface area contributed by atoms with Crippen molar-refractivity contribution < 1.29 is 18.3 Å². The van der Waals surface area contributed by atoms with Crippen LogP contribution in [-0.2, 0) is 16.3 Å². The molecule has 1 unspecified atom stereocenters. The van der Waals surface area contributed by atoms with Gasteiger partial charge in [-0.3, -0.25) is 0 Å². The van der Waals surface area contributed by atoms with Gasteiger partial charge in [0.1, 0.15) is 0 Å². The molecule has 0 radical (unpaired) electrons. The summed E-state index contributed by atoms with van der Waals surface area (Å²) in [5.41, 5.74) is 0.702. The van der Waals surface area contributed by atoms with Crippen LogP contribution < -0.4 is 0 Å². The maximum absolute atomic E-state index is 11.6. The zero-order chi connectivity index (χ0) is 15.0. The van der Waals surface area contributed by atoms with Crippen LogP contribution in [0.3, 0.4) is 0 Å². The summed E-state index contributed by atoms with van der Waals surface area (Å²) in [5, 5.41) is 13.2. The van der Waals surface area contributed by atoms with E-state index in [2.05, 4.69) is 10.1 Å². The summed E-state index contributed by atoms with van der Waals surface area (Å²) in [6.07, 6.45) is 3.45. The minimum absolute atomic E-state index is 0.0418. The average Bonchev–Trinajstić information content (AvgIpc) is 2.78. The highest BCUT2D eigenvalue weighted by atomic mass is 32.2. The molecule has 2 aromatic rings. The molecule has 0 bridgehead atoms. The maximum Gasteiger partial charge on any atom is 0.337 e. The number of rotatable bonds is 3. The van der Waals surface area contributed by atoms with Crippen LogP contribution in [0.5, 0.6) is 0 Å². The summed E-state index contributed by atoms with van der Waals surface area (Å²) in [7, 11) is -2.94. The maximum atomic E-state index is 11.6. The van der Waals surface area contributed by atoms with Crippen LogP contribution in [-0.4, -0.2) is 45.6 Å². The molecule has 3 rings (SSSR count). The molecule has 3 heterocycles. The van der Waals surface area contributed by atoms with E-state index in [9.17, 15) is 13.2 Å². The Kier molecular flexibility index (Phi) is 3.40. The van der Waals surface area contributed by atoms with Crippen molar-refractivity contribution in [3.05, 3.63) is 29.7 Å². The standard InChI is InChI=1S/C13H15N3O4S/c17-13(18)10-3-4-12-14-11(15-16(12)7-10)6-9-2-1-5-21(19,20)8-9/h3-4,7,9H,1-2,5-6,8H2,(H,17,18). The molecule has 2 aromatic heterocycles. The van der Waals surface area contributed by atoms with Crippen LogP contribution in [0.4, 0.5) is 0 Å². The zero-order valence-electron chi connectivity index (χ0n) is 11.3. The van der Waals surface area contributed by atoms with Gasteiger partial charge >= 0.3 is 5.97 Å². The molecule has 1 N–H and O–H groups in total. The second-order valence-corrected chi connectivity index (χ2v) is 7.61. The van der Waals surface area contributed by atoms with Crippen molar-refractivity contribution >= 4 is 21.5 Å². The van der Waals surface area contributed by atoms with Gasteiger partial charge in [-0.05, 0) is 30.9 Å². The molecule has 21 heavy (non-hydrogen) atoms. The van der Waals surface area contributed by atoms with Crippen molar-refractivity contribution in [3.63, 3.8) is 0 Å². The Bertz CT molecular complexity index is 797. The van der Waals surface area contributed by atoms with E-state index < -0.39 is 15.8 Å². The van der Waals surface area contributed by atoms with E-state index in [1.54, 1.807) is 6.07 Å². The van der Waals surface area contributed by atoms with Crippen LogP contribution in [0.2, 0.25) is 0 Å². The summed E-state index contributed by atoms with van der Waals surface area (Å²) in [4.78, 5) is 15.2. The first kappa shape index (κ1) is 14.0. The van der Waals surface area contributed by atoms with Crippen LogP contribution >= 0.6 is 0 Å². The highest BCUT2D eigenvalue weighted by Crippen LogP contribution is 2.21. The van der Waals surface area contributed by atoms with Gasteiger partial charge < -0.3 is 5.11 Å². The first-order valence-corrected chi connectivity index (χ1v) is 8.54. The fraction of sp³-hybridized carbons (Fsp3) is 0.462. The number of pyridine rings is 1. The Balaban J connectivity index is 1.83. The van der Waals surface area contributed by atoms with Crippen LogP contribution in [0, 0.1) is 5.92 Å². The molecular weight excluding hydrogens is 294 g/mol. The van der Waals surface area contributed by atoms with E-state index in [-0.39, 0.29) is 23.0 Å². The first-order chi connectivity index (χ1) is 9.93. The second kappa shape index (κ2) is 5.10. The van der Waals surface area contributed by atoms with Gasteiger partial charge in [-0.1, -0.05) is 0 Å². The number of hydrogen-bond donors (Lipinski definition) is 1. The molecule has 0 aromatic carbocycles. The summed E-state index contributed by atoms with van der Waals surface area (Å²) in [5.74, 6) is 0.0274. The number of aromatic carboxylic acids is 1. The first-order valence-electron chi connectivity index (χ1n) is 6.72. The topological polar surface area (TPSA) is 102 Å². The Labute approximate surface area is 121 Å². The molecule has 112 valence electrons. The smallest absolute Gasteiger partial charge is 0.337 e. The van der Waals surface area contributed by atoms with Crippen molar-refractivity contribution in [1.82, 2.24) is 14.6 Å². The Morgan fingerprint density at radius 3 is 2.95 bits per heavy atom. The lowest BCUT2D eigenvalue weighted by Crippen LogP contribution is -2.26. The predicted molar refractivity (Wildman–Crippen MR) is 75.0 cm³/mol. The minimum Gasteiger partial charge on any atom is -0.478 e. The van der Waals surface area contributed by atoms with E-state index in [1.807, 2.05) is 0 Å². The molecule has 1 saturated heterocycles. The average molecular weight is 309 g/mol. The molecule has 0 amide bonds. The third kappa shape index (κ3) is 3.05. The number of aromatic nitrogens is 3. The highest BCUT2D eigenvalue weighted by Gasteiger charge is 2.26. The van der Waals surface area contributed by atoms with Crippen LogP contribution in [0.1, 0.15) is 29.0 Å². The lowest BCUT2D eigenvalue weighted by molar-refractivity contribution is 0.0696. The molecular formula is C13H15N3O4S. The van der Waals surface area contributed by atoms with E-state index in [0.717, 1.165) is 6.42 Å². The Morgan fingerprint density at radius 2 is 2.24 bits per heavy atom. The van der Waals surface area contributed by atoms with Gasteiger partial charge in [0.25, 0.3) is 0 Å². The number of carboxylic acids is 1. The summed E-state index contributed by atoms with van der Waals surface area (Å²) >= 11 is 0. The fourth-order valence-electron chi connectivity index (χ4n) is 2.68. The van der Waals surface area contributed by atoms with Gasteiger partial charge in [-0.2, -0.15) is 5.10 Å². The van der Waals surface area contributed by atoms with Gasteiger partial charge in [0.05, 0.1) is 17.1 Å². The monoisotopic (exact) mass is 309 g/mol. The van der Waals surface area contributed by atoms with E-state index in [4.69, 9.17) is 5.11 Å². The van der Waals surface area contributed by atoms with E-state index in [1.165, 1.54) is 16.8 Å². The number of carboxylic acid groups (broad SMARTS) is 1. The van der Waals surface area contributed by atoms with Crippen molar-refractivity contribution in [1.29, 1.82) is 0 Å². The zero-order valence-corrected chi connectivity index (χ0v) is 12.1. The Hall–Kier alpha value is -1.96. The molecule has 1 aliphatic rings. The third-order valence-electron chi connectivity index (χ3n) is 3.65. The predicted octanol–water partition coefficient (Wildman–Crippen LogP) is 0.795. The summed E-state index contributed by atoms with van der Waals surface area (Å²) in [6.45, 7) is 0. The van der Waals surface area contributed by atoms with Gasteiger partial charge in [0, 0.05) is 12.6 Å². The normalized spacial score (nSPS) is 21.4. The van der Waals surface area contributed by atoms with Crippen molar-refractivity contribution in [2.45, 2.75) is 19.3 Å². The van der Waals surface area contributed by atoms with Crippen molar-refractivity contribution in [3.8, 4) is 0 Å². The lowest BCUT2D eigenvalue weighted by Gasteiger charge is -2.20. The van der Waals surface area contributed by atoms with Gasteiger partial charge in [-0.15, -0.1) is 0 Å². The van der Waals surface area contributed by atoms with Crippen molar-refractivity contribution in [2.75, 3.05) is 11.5 Å². The molecule has 0 saturated carbocycles. The SMILES string of the molecule is O=C(O)c1ccc2nc(CC3CCCS(=O)(=O)C3)nn2c1. The molecule has 1 atom stereocenters. The molecule has 7 nitrogen and oxygen atoms in total. The molecule has 0 aliphatic carbocycles. The van der Waals surface area contributed by atoms with Gasteiger partial charge in [-0.25, -0.2) is 22.7 Å². The van der Waals surface area contributed by atoms with E-state index in [0.29, 0.717) is 24.3 Å². The largest absolute Gasteiger partial charge is 0.478 e. The summed E-state index contributed by atoms with van der Waals surface area (Å²) in [6, 6.07) is 3.07. The molecule has 1 aliphatic heterocycles.